The van der Waals surface area contributed by atoms with E-state index in [1.165, 1.54) is 0 Å². The average molecular weight is 255 g/mol. The summed E-state index contributed by atoms with van der Waals surface area (Å²) >= 11 is 0. The number of nitrogens with zero attached hydrogens (tertiary/aromatic N) is 1. The molecule has 2 fully saturated rings. The Kier molecular flexibility index (Phi) is 4.68. The van der Waals surface area contributed by atoms with Crippen LogP contribution in [0.3, 0.4) is 0 Å². The Morgan fingerprint density at radius 1 is 1.17 bits per heavy atom. The largest absolute Gasteiger partial charge is 0.396 e. The summed E-state index contributed by atoms with van der Waals surface area (Å²) in [5.74, 6) is 0.952. The van der Waals surface area contributed by atoms with Gasteiger partial charge in [-0.05, 0) is 62.4 Å². The molecule has 0 spiro atoms. The van der Waals surface area contributed by atoms with Crippen LogP contribution in [0.25, 0.3) is 0 Å². The van der Waals surface area contributed by atoms with Crippen LogP contribution >= 0.6 is 0 Å². The minimum atomic E-state index is -0.103. The highest BCUT2D eigenvalue weighted by molar-refractivity contribution is 4.87. The summed E-state index contributed by atoms with van der Waals surface area (Å²) in [6.07, 6.45) is 5.38. The minimum Gasteiger partial charge on any atom is -0.396 e. The molecule has 3 heteroatoms. The molecule has 2 unspecified atom stereocenters. The maximum absolute atomic E-state index is 10.2. The van der Waals surface area contributed by atoms with Crippen LogP contribution in [0, 0.1) is 17.3 Å². The molecule has 3 nitrogen and oxygen atoms in total. The highest BCUT2D eigenvalue weighted by Crippen LogP contribution is 2.39. The monoisotopic (exact) mass is 255 g/mol. The quantitative estimate of drug-likeness (QED) is 0.809. The third-order valence-electron chi connectivity index (χ3n) is 4.93. The molecule has 1 heterocycles. The van der Waals surface area contributed by atoms with E-state index in [0.717, 1.165) is 51.7 Å². The van der Waals surface area contributed by atoms with E-state index in [1.807, 2.05) is 0 Å². The molecule has 18 heavy (non-hydrogen) atoms. The summed E-state index contributed by atoms with van der Waals surface area (Å²) in [7, 11) is 0. The molecule has 2 rings (SSSR count). The van der Waals surface area contributed by atoms with E-state index in [4.69, 9.17) is 5.11 Å². The first-order valence-electron chi connectivity index (χ1n) is 7.51. The van der Waals surface area contributed by atoms with Gasteiger partial charge >= 0.3 is 0 Å². The first-order valence-corrected chi connectivity index (χ1v) is 7.51. The zero-order chi connectivity index (χ0) is 13.2. The first kappa shape index (κ1) is 14.3. The normalized spacial score (nSPS) is 34.7. The van der Waals surface area contributed by atoms with Crippen molar-refractivity contribution in [3.63, 3.8) is 0 Å². The molecule has 2 aliphatic rings. The third-order valence-corrected chi connectivity index (χ3v) is 4.93. The molecule has 1 saturated carbocycles. The van der Waals surface area contributed by atoms with Crippen LogP contribution in [0.15, 0.2) is 0 Å². The van der Waals surface area contributed by atoms with Gasteiger partial charge in [0.25, 0.3) is 0 Å². The molecular formula is C15H29NO2. The summed E-state index contributed by atoms with van der Waals surface area (Å²) < 4.78 is 0. The lowest BCUT2D eigenvalue weighted by molar-refractivity contribution is -0.00232. The van der Waals surface area contributed by atoms with Gasteiger partial charge in [-0.25, -0.2) is 0 Å². The van der Waals surface area contributed by atoms with Crippen LogP contribution in [-0.4, -0.2) is 47.5 Å². The van der Waals surface area contributed by atoms with Gasteiger partial charge in [0, 0.05) is 13.2 Å². The fourth-order valence-electron chi connectivity index (χ4n) is 3.59. The summed E-state index contributed by atoms with van der Waals surface area (Å²) in [5.41, 5.74) is 0.396. The van der Waals surface area contributed by atoms with Gasteiger partial charge in [-0.1, -0.05) is 13.8 Å². The van der Waals surface area contributed by atoms with E-state index < -0.39 is 0 Å². The molecule has 2 N–H and O–H groups in total. The highest BCUT2D eigenvalue weighted by atomic mass is 16.3. The first-order chi connectivity index (χ1) is 8.50. The van der Waals surface area contributed by atoms with Crippen molar-refractivity contribution in [3.8, 4) is 0 Å². The average Bonchev–Trinajstić information content (AvgIpc) is 2.35. The second-order valence-electron chi connectivity index (χ2n) is 7.16. The Morgan fingerprint density at radius 3 is 2.44 bits per heavy atom. The predicted molar refractivity (Wildman–Crippen MR) is 73.4 cm³/mol. The topological polar surface area (TPSA) is 43.7 Å². The lowest BCUT2D eigenvalue weighted by Crippen LogP contribution is -2.44. The molecule has 2 atom stereocenters. The van der Waals surface area contributed by atoms with Crippen LogP contribution in [0.4, 0.5) is 0 Å². The molecular weight excluding hydrogens is 226 g/mol. The molecule has 0 aromatic rings. The van der Waals surface area contributed by atoms with Crippen LogP contribution in [0.1, 0.15) is 46.0 Å². The van der Waals surface area contributed by atoms with Crippen molar-refractivity contribution in [2.24, 2.45) is 17.3 Å². The van der Waals surface area contributed by atoms with Gasteiger partial charge in [0.05, 0.1) is 6.10 Å². The van der Waals surface area contributed by atoms with Crippen molar-refractivity contribution >= 4 is 0 Å². The highest BCUT2D eigenvalue weighted by Gasteiger charge is 2.35. The van der Waals surface area contributed by atoms with E-state index in [1.54, 1.807) is 0 Å². The maximum atomic E-state index is 10.2. The van der Waals surface area contributed by atoms with E-state index in [0.29, 0.717) is 23.9 Å². The Bertz CT molecular complexity index is 259. The molecule has 0 bridgehead atoms. The number of hydrogen-bond acceptors (Lipinski definition) is 3. The van der Waals surface area contributed by atoms with Crippen LogP contribution < -0.4 is 0 Å². The zero-order valence-electron chi connectivity index (χ0n) is 11.9. The number of likely N-dealkylation sites (tertiary alicyclic amines) is 1. The van der Waals surface area contributed by atoms with Gasteiger partial charge in [-0.15, -0.1) is 0 Å². The van der Waals surface area contributed by atoms with Crippen LogP contribution in [-0.2, 0) is 0 Å². The SMILES string of the molecule is CC1(C)CCC(O)C(CN2CCC(CO)CC2)C1. The second-order valence-corrected chi connectivity index (χ2v) is 7.16. The Hall–Kier alpha value is -0.120. The van der Waals surface area contributed by atoms with Crippen molar-refractivity contribution in [2.75, 3.05) is 26.2 Å². The molecule has 1 aliphatic carbocycles. The Labute approximate surface area is 111 Å². The van der Waals surface area contributed by atoms with Crippen molar-refractivity contribution in [3.05, 3.63) is 0 Å². The standard InChI is InChI=1S/C15H29NO2/c1-15(2)6-3-14(18)13(9-15)10-16-7-4-12(11-17)5-8-16/h12-14,17-18H,3-11H2,1-2H3. The lowest BCUT2D eigenvalue weighted by Gasteiger charge is -2.42. The van der Waals surface area contributed by atoms with Gasteiger partial charge in [0.1, 0.15) is 0 Å². The number of aliphatic hydroxyl groups excluding tert-OH is 2. The van der Waals surface area contributed by atoms with E-state index in [2.05, 4.69) is 18.7 Å². The lowest BCUT2D eigenvalue weighted by atomic mass is 9.70. The van der Waals surface area contributed by atoms with Crippen molar-refractivity contribution in [1.29, 1.82) is 0 Å². The predicted octanol–water partition coefficient (Wildman–Crippen LogP) is 1.88. The zero-order valence-corrected chi connectivity index (χ0v) is 11.9. The number of rotatable bonds is 3. The second kappa shape index (κ2) is 5.89. The third kappa shape index (κ3) is 3.69. The number of aliphatic hydroxyl groups is 2. The van der Waals surface area contributed by atoms with Crippen molar-refractivity contribution < 1.29 is 10.2 Å². The molecule has 106 valence electrons. The molecule has 0 aromatic heterocycles. The van der Waals surface area contributed by atoms with Crippen LogP contribution in [0.5, 0.6) is 0 Å². The Balaban J connectivity index is 1.81. The van der Waals surface area contributed by atoms with Crippen molar-refractivity contribution in [1.82, 2.24) is 4.90 Å². The summed E-state index contributed by atoms with van der Waals surface area (Å²) in [6, 6.07) is 0. The van der Waals surface area contributed by atoms with E-state index >= 15 is 0 Å². The molecule has 0 aromatic carbocycles. The summed E-state index contributed by atoms with van der Waals surface area (Å²) in [6.45, 7) is 8.22. The van der Waals surface area contributed by atoms with Crippen molar-refractivity contribution in [2.45, 2.75) is 52.1 Å². The summed E-state index contributed by atoms with van der Waals surface area (Å²) in [4.78, 5) is 2.49. The van der Waals surface area contributed by atoms with Gasteiger partial charge in [-0.2, -0.15) is 0 Å². The molecule has 1 aliphatic heterocycles. The smallest absolute Gasteiger partial charge is 0.0581 e. The van der Waals surface area contributed by atoms with Crippen LogP contribution in [0.2, 0.25) is 0 Å². The Morgan fingerprint density at radius 2 is 1.83 bits per heavy atom. The molecule has 0 amide bonds. The van der Waals surface area contributed by atoms with E-state index in [-0.39, 0.29) is 6.10 Å². The van der Waals surface area contributed by atoms with Gasteiger partial charge < -0.3 is 15.1 Å². The summed E-state index contributed by atoms with van der Waals surface area (Å²) in [5, 5.41) is 19.3. The molecule has 1 saturated heterocycles. The van der Waals surface area contributed by atoms with Gasteiger partial charge in [-0.3, -0.25) is 0 Å². The van der Waals surface area contributed by atoms with E-state index in [9.17, 15) is 5.11 Å². The van der Waals surface area contributed by atoms with Gasteiger partial charge in [0.15, 0.2) is 0 Å². The number of piperidine rings is 1. The fraction of sp³-hybridized carbons (Fsp3) is 1.00. The molecule has 0 radical (unpaired) electrons. The maximum Gasteiger partial charge on any atom is 0.0581 e. The minimum absolute atomic E-state index is 0.103. The van der Waals surface area contributed by atoms with Gasteiger partial charge in [0.2, 0.25) is 0 Å². The fourth-order valence-corrected chi connectivity index (χ4v) is 3.59. The number of hydrogen-bond donors (Lipinski definition) is 2.